The van der Waals surface area contributed by atoms with Crippen molar-refractivity contribution in [3.63, 3.8) is 0 Å². The summed E-state index contributed by atoms with van der Waals surface area (Å²) in [5, 5.41) is 2.21. The number of unbranched alkanes of at least 4 members (excludes halogenated alkanes) is 2. The number of carbonyl (C=O) groups excluding carboxylic acids is 2. The van der Waals surface area contributed by atoms with Crippen LogP contribution in [0.2, 0.25) is 0 Å². The summed E-state index contributed by atoms with van der Waals surface area (Å²) in [5.41, 5.74) is 0.319. The van der Waals surface area contributed by atoms with Gasteiger partial charge in [-0.1, -0.05) is 26.2 Å². The number of urea groups is 1. The number of aromatic nitrogens is 2. The molecule has 8 nitrogen and oxygen atoms in total. The van der Waals surface area contributed by atoms with E-state index in [1.54, 1.807) is 0 Å². The van der Waals surface area contributed by atoms with E-state index in [0.717, 1.165) is 19.3 Å². The summed E-state index contributed by atoms with van der Waals surface area (Å²) in [7, 11) is 1.39. The molecule has 1 aromatic rings. The molecular formula is C16H23FN4O4. The van der Waals surface area contributed by atoms with E-state index < -0.39 is 12.2 Å². The number of amides is 3. The highest BCUT2D eigenvalue weighted by Crippen LogP contribution is 2.28. The molecular weight excluding hydrogens is 331 g/mol. The van der Waals surface area contributed by atoms with Gasteiger partial charge in [-0.3, -0.25) is 15.0 Å². The normalized spacial score (nSPS) is 15.7. The summed E-state index contributed by atoms with van der Waals surface area (Å²) in [6, 6.07) is -0.584. The van der Waals surface area contributed by atoms with Gasteiger partial charge in [0.25, 0.3) is 0 Å². The first-order valence-corrected chi connectivity index (χ1v) is 8.34. The number of hydrogen-bond acceptors (Lipinski definition) is 6. The monoisotopic (exact) mass is 354 g/mol. The van der Waals surface area contributed by atoms with E-state index in [9.17, 15) is 14.0 Å². The van der Waals surface area contributed by atoms with Crippen molar-refractivity contribution in [1.29, 1.82) is 0 Å². The number of rotatable bonds is 9. The predicted octanol–water partition coefficient (Wildman–Crippen LogP) is 2.23. The number of anilines is 1. The summed E-state index contributed by atoms with van der Waals surface area (Å²) in [6.07, 6.45) is 3.72. The standard InChI is InChI=1S/C16H23FN4O4/c1-3-4-5-6-11(17)10-25-15-18-9-12(14(20-15)24-2)21-8-7-13(22)19-16(21)23/h9,11H,3-8,10H2,1-2H3,(H,19,22,23). The molecule has 1 fully saturated rings. The van der Waals surface area contributed by atoms with Crippen molar-refractivity contribution in [1.82, 2.24) is 15.3 Å². The first-order valence-electron chi connectivity index (χ1n) is 8.34. The maximum Gasteiger partial charge on any atom is 0.328 e. The zero-order chi connectivity index (χ0) is 18.2. The van der Waals surface area contributed by atoms with Crippen molar-refractivity contribution in [2.75, 3.05) is 25.2 Å². The Kier molecular flexibility index (Phi) is 6.91. The molecule has 1 aromatic heterocycles. The summed E-state index contributed by atoms with van der Waals surface area (Å²) in [5.74, 6) is -0.214. The van der Waals surface area contributed by atoms with Crippen LogP contribution >= 0.6 is 0 Å². The zero-order valence-corrected chi connectivity index (χ0v) is 14.5. The Hall–Kier alpha value is -2.45. The Morgan fingerprint density at radius 2 is 2.20 bits per heavy atom. The average Bonchev–Trinajstić information content (AvgIpc) is 2.60. The van der Waals surface area contributed by atoms with E-state index in [0.29, 0.717) is 12.1 Å². The van der Waals surface area contributed by atoms with Crippen LogP contribution in [0.1, 0.15) is 39.0 Å². The van der Waals surface area contributed by atoms with Crippen LogP contribution in [0, 0.1) is 0 Å². The third-order valence-corrected chi connectivity index (χ3v) is 3.77. The minimum Gasteiger partial charge on any atom is -0.479 e. The Morgan fingerprint density at radius 3 is 2.88 bits per heavy atom. The average molecular weight is 354 g/mol. The van der Waals surface area contributed by atoms with Gasteiger partial charge in [-0.2, -0.15) is 4.98 Å². The largest absolute Gasteiger partial charge is 0.479 e. The number of imide groups is 1. The second kappa shape index (κ2) is 9.14. The lowest BCUT2D eigenvalue weighted by Crippen LogP contribution is -2.49. The fourth-order valence-electron chi connectivity index (χ4n) is 2.41. The quantitative estimate of drug-likeness (QED) is 0.684. The van der Waals surface area contributed by atoms with Crippen LogP contribution in [-0.2, 0) is 4.79 Å². The summed E-state index contributed by atoms with van der Waals surface area (Å²) in [4.78, 5) is 32.5. The Bertz CT molecular complexity index is 614. The fourth-order valence-corrected chi connectivity index (χ4v) is 2.41. The SMILES string of the molecule is CCCCCC(F)COc1ncc(N2CCC(=O)NC2=O)c(OC)n1. The molecule has 1 N–H and O–H groups in total. The van der Waals surface area contributed by atoms with Crippen LogP contribution in [0.3, 0.4) is 0 Å². The molecule has 3 amide bonds. The number of nitrogens with zero attached hydrogens (tertiary/aromatic N) is 3. The molecule has 1 unspecified atom stereocenters. The third kappa shape index (κ3) is 5.27. The van der Waals surface area contributed by atoms with E-state index in [-0.39, 0.29) is 37.4 Å². The summed E-state index contributed by atoms with van der Waals surface area (Å²) >= 11 is 0. The highest BCUT2D eigenvalue weighted by atomic mass is 19.1. The van der Waals surface area contributed by atoms with Gasteiger partial charge >= 0.3 is 12.0 Å². The molecule has 138 valence electrons. The van der Waals surface area contributed by atoms with Crippen LogP contribution in [0.25, 0.3) is 0 Å². The molecule has 1 saturated heterocycles. The minimum absolute atomic E-state index is 0.0211. The lowest BCUT2D eigenvalue weighted by atomic mass is 10.1. The first kappa shape index (κ1) is 18.9. The van der Waals surface area contributed by atoms with Crippen molar-refractivity contribution >= 4 is 17.6 Å². The van der Waals surface area contributed by atoms with Gasteiger partial charge in [0, 0.05) is 13.0 Å². The number of ether oxygens (including phenoxy) is 2. The number of carbonyl (C=O) groups is 2. The highest BCUT2D eigenvalue weighted by molar-refractivity contribution is 6.06. The second-order valence-corrected chi connectivity index (χ2v) is 5.71. The Balaban J connectivity index is 1.99. The third-order valence-electron chi connectivity index (χ3n) is 3.77. The maximum atomic E-state index is 13.7. The van der Waals surface area contributed by atoms with Crippen LogP contribution in [0.4, 0.5) is 14.9 Å². The smallest absolute Gasteiger partial charge is 0.328 e. The molecule has 1 aliphatic heterocycles. The number of methoxy groups -OCH3 is 1. The number of alkyl halides is 1. The molecule has 9 heteroatoms. The van der Waals surface area contributed by atoms with E-state index in [4.69, 9.17) is 9.47 Å². The molecule has 0 bridgehead atoms. The van der Waals surface area contributed by atoms with Crippen LogP contribution < -0.4 is 19.7 Å². The van der Waals surface area contributed by atoms with Crippen LogP contribution in [0.5, 0.6) is 11.9 Å². The molecule has 0 radical (unpaired) electrons. The number of hydrogen-bond donors (Lipinski definition) is 1. The second-order valence-electron chi connectivity index (χ2n) is 5.71. The van der Waals surface area contributed by atoms with Gasteiger partial charge < -0.3 is 9.47 Å². The lowest BCUT2D eigenvalue weighted by Gasteiger charge is -2.26. The van der Waals surface area contributed by atoms with Crippen molar-refractivity contribution in [3.05, 3.63) is 6.20 Å². The highest BCUT2D eigenvalue weighted by Gasteiger charge is 2.27. The van der Waals surface area contributed by atoms with Gasteiger partial charge in [0.15, 0.2) is 0 Å². The molecule has 0 aliphatic carbocycles. The Morgan fingerprint density at radius 1 is 1.40 bits per heavy atom. The first-order chi connectivity index (χ1) is 12.0. The molecule has 2 heterocycles. The van der Waals surface area contributed by atoms with Crippen LogP contribution in [0.15, 0.2) is 6.20 Å². The van der Waals surface area contributed by atoms with Crippen molar-refractivity contribution in [3.8, 4) is 11.9 Å². The van der Waals surface area contributed by atoms with E-state index in [1.807, 2.05) is 0 Å². The van der Waals surface area contributed by atoms with Gasteiger partial charge in [0.1, 0.15) is 18.5 Å². The molecule has 0 saturated carbocycles. The molecule has 0 aromatic carbocycles. The van der Waals surface area contributed by atoms with Gasteiger partial charge in [-0.15, -0.1) is 0 Å². The van der Waals surface area contributed by atoms with Gasteiger partial charge in [-0.05, 0) is 6.42 Å². The molecule has 0 spiro atoms. The van der Waals surface area contributed by atoms with E-state index in [2.05, 4.69) is 22.2 Å². The molecule has 1 atom stereocenters. The molecule has 2 rings (SSSR count). The Labute approximate surface area is 145 Å². The topological polar surface area (TPSA) is 93.7 Å². The van der Waals surface area contributed by atoms with Crippen molar-refractivity contribution < 1.29 is 23.5 Å². The predicted molar refractivity (Wildman–Crippen MR) is 88.6 cm³/mol. The number of nitrogens with one attached hydrogen (secondary N) is 1. The zero-order valence-electron chi connectivity index (χ0n) is 14.5. The van der Waals surface area contributed by atoms with E-state index >= 15 is 0 Å². The van der Waals surface area contributed by atoms with Gasteiger partial charge in [0.2, 0.25) is 11.8 Å². The molecule has 25 heavy (non-hydrogen) atoms. The van der Waals surface area contributed by atoms with Gasteiger partial charge in [0.05, 0.1) is 13.3 Å². The number of halogens is 1. The fraction of sp³-hybridized carbons (Fsp3) is 0.625. The summed E-state index contributed by atoms with van der Waals surface area (Å²) in [6.45, 7) is 2.13. The van der Waals surface area contributed by atoms with Crippen molar-refractivity contribution in [2.45, 2.75) is 45.2 Å². The van der Waals surface area contributed by atoms with Gasteiger partial charge in [-0.25, -0.2) is 14.2 Å². The maximum absolute atomic E-state index is 13.7. The van der Waals surface area contributed by atoms with E-state index in [1.165, 1.54) is 18.2 Å². The molecule has 1 aliphatic rings. The minimum atomic E-state index is -1.08. The van der Waals surface area contributed by atoms with Crippen LogP contribution in [-0.4, -0.2) is 48.3 Å². The van der Waals surface area contributed by atoms with Crippen molar-refractivity contribution in [2.24, 2.45) is 0 Å². The lowest BCUT2D eigenvalue weighted by molar-refractivity contribution is -0.120. The summed E-state index contributed by atoms with van der Waals surface area (Å²) < 4.78 is 24.2.